The lowest BCUT2D eigenvalue weighted by atomic mass is 10.00. The molecule has 0 unspecified atom stereocenters. The Morgan fingerprint density at radius 2 is 1.76 bits per heavy atom. The molecule has 2 aromatic carbocycles. The number of halogens is 3. The van der Waals surface area contributed by atoms with Crippen molar-refractivity contribution in [3.05, 3.63) is 77.9 Å². The van der Waals surface area contributed by atoms with Crippen molar-refractivity contribution in [3.63, 3.8) is 0 Å². The van der Waals surface area contributed by atoms with Crippen LogP contribution in [0.3, 0.4) is 0 Å². The first kappa shape index (κ1) is 24.8. The number of alkyl halides is 3. The fourth-order valence-corrected chi connectivity index (χ4v) is 3.40. The van der Waals surface area contributed by atoms with E-state index in [-0.39, 0.29) is 24.9 Å². The number of imidazole rings is 1. The molecule has 3 aromatic rings. The number of carbonyl (C=O) groups is 2. The molecule has 0 radical (unpaired) electrons. The summed E-state index contributed by atoms with van der Waals surface area (Å²) in [6.45, 7) is 2.11. The first-order valence-electron chi connectivity index (χ1n) is 10.8. The van der Waals surface area contributed by atoms with Crippen molar-refractivity contribution in [1.82, 2.24) is 14.9 Å². The van der Waals surface area contributed by atoms with Gasteiger partial charge in [-0.3, -0.25) is 9.59 Å². The Labute approximate surface area is 194 Å². The SMILES string of the molecule is CCC[C@H](Nc1ccc(-n2cnc(C(F)(F)F)c2)cc1)c1ccc(C(=O)NCCC(=O)O)cc1. The molecule has 0 aliphatic rings. The van der Waals surface area contributed by atoms with Gasteiger partial charge in [-0.1, -0.05) is 25.5 Å². The second kappa shape index (κ2) is 10.9. The third-order valence-electron chi connectivity index (χ3n) is 5.16. The van der Waals surface area contributed by atoms with Crippen molar-refractivity contribution in [2.45, 2.75) is 38.4 Å². The highest BCUT2D eigenvalue weighted by Crippen LogP contribution is 2.29. The van der Waals surface area contributed by atoms with Gasteiger partial charge in [-0.05, 0) is 48.4 Å². The highest BCUT2D eigenvalue weighted by atomic mass is 19.4. The van der Waals surface area contributed by atoms with Gasteiger partial charge in [-0.15, -0.1) is 0 Å². The second-order valence-corrected chi connectivity index (χ2v) is 7.72. The average Bonchev–Trinajstić information content (AvgIpc) is 3.30. The zero-order chi connectivity index (χ0) is 24.7. The summed E-state index contributed by atoms with van der Waals surface area (Å²) in [4.78, 5) is 26.1. The largest absolute Gasteiger partial charge is 0.481 e. The molecule has 34 heavy (non-hydrogen) atoms. The minimum Gasteiger partial charge on any atom is -0.481 e. The number of hydrogen-bond donors (Lipinski definition) is 3. The number of amides is 1. The van der Waals surface area contributed by atoms with Gasteiger partial charge in [0.15, 0.2) is 5.69 Å². The highest BCUT2D eigenvalue weighted by molar-refractivity contribution is 5.94. The van der Waals surface area contributed by atoms with E-state index in [2.05, 4.69) is 22.5 Å². The van der Waals surface area contributed by atoms with Crippen LogP contribution in [0.25, 0.3) is 5.69 Å². The van der Waals surface area contributed by atoms with Crippen molar-refractivity contribution in [1.29, 1.82) is 0 Å². The first-order chi connectivity index (χ1) is 16.2. The van der Waals surface area contributed by atoms with Gasteiger partial charge >= 0.3 is 12.1 Å². The van der Waals surface area contributed by atoms with E-state index in [0.717, 1.165) is 36.6 Å². The lowest BCUT2D eigenvalue weighted by Gasteiger charge is -2.20. The van der Waals surface area contributed by atoms with Crippen molar-refractivity contribution in [2.24, 2.45) is 0 Å². The molecule has 7 nitrogen and oxygen atoms in total. The van der Waals surface area contributed by atoms with E-state index < -0.39 is 17.8 Å². The molecule has 0 bridgehead atoms. The number of carboxylic acid groups (broad SMARTS) is 1. The van der Waals surface area contributed by atoms with E-state index in [4.69, 9.17) is 5.11 Å². The average molecular weight is 474 g/mol. The van der Waals surface area contributed by atoms with E-state index in [9.17, 15) is 22.8 Å². The molecular weight excluding hydrogens is 449 g/mol. The third-order valence-corrected chi connectivity index (χ3v) is 5.16. The topological polar surface area (TPSA) is 96.3 Å². The van der Waals surface area contributed by atoms with E-state index >= 15 is 0 Å². The van der Waals surface area contributed by atoms with Crippen LogP contribution in [0.5, 0.6) is 0 Å². The zero-order valence-corrected chi connectivity index (χ0v) is 18.5. The predicted octanol–water partition coefficient (Wildman–Crippen LogP) is 5.05. The maximum absolute atomic E-state index is 12.8. The number of aromatic nitrogens is 2. The lowest BCUT2D eigenvalue weighted by Crippen LogP contribution is -2.26. The summed E-state index contributed by atoms with van der Waals surface area (Å²) in [7, 11) is 0. The van der Waals surface area contributed by atoms with Crippen LogP contribution >= 0.6 is 0 Å². The Balaban J connectivity index is 1.67. The van der Waals surface area contributed by atoms with E-state index in [0.29, 0.717) is 11.3 Å². The van der Waals surface area contributed by atoms with E-state index in [1.165, 1.54) is 4.57 Å². The van der Waals surface area contributed by atoms with Gasteiger partial charge in [-0.2, -0.15) is 13.2 Å². The number of carboxylic acids is 1. The first-order valence-corrected chi connectivity index (χ1v) is 10.8. The van der Waals surface area contributed by atoms with Crippen molar-refractivity contribution in [3.8, 4) is 5.69 Å². The molecule has 0 aliphatic heterocycles. The number of benzene rings is 2. The normalized spacial score (nSPS) is 12.2. The van der Waals surface area contributed by atoms with Crippen LogP contribution in [0.15, 0.2) is 61.1 Å². The Bertz CT molecular complexity index is 1110. The van der Waals surface area contributed by atoms with Gasteiger partial charge in [0.2, 0.25) is 0 Å². The summed E-state index contributed by atoms with van der Waals surface area (Å²) in [5, 5.41) is 14.7. The molecule has 3 N–H and O–H groups in total. The van der Waals surface area contributed by atoms with E-state index in [1.54, 1.807) is 36.4 Å². The summed E-state index contributed by atoms with van der Waals surface area (Å²) < 4.78 is 39.7. The second-order valence-electron chi connectivity index (χ2n) is 7.72. The van der Waals surface area contributed by atoms with Crippen LogP contribution in [0, 0.1) is 0 Å². The summed E-state index contributed by atoms with van der Waals surface area (Å²) in [5.74, 6) is -1.31. The van der Waals surface area contributed by atoms with Crippen molar-refractivity contribution >= 4 is 17.6 Å². The number of aliphatic carboxylic acids is 1. The van der Waals surface area contributed by atoms with Crippen molar-refractivity contribution in [2.75, 3.05) is 11.9 Å². The lowest BCUT2D eigenvalue weighted by molar-refractivity contribution is -0.141. The van der Waals surface area contributed by atoms with E-state index in [1.807, 2.05) is 12.1 Å². The van der Waals surface area contributed by atoms with Crippen LogP contribution < -0.4 is 10.6 Å². The van der Waals surface area contributed by atoms with Gasteiger partial charge in [0.05, 0.1) is 18.8 Å². The van der Waals surface area contributed by atoms with Gasteiger partial charge in [-0.25, -0.2) is 4.98 Å². The molecule has 0 saturated heterocycles. The smallest absolute Gasteiger partial charge is 0.434 e. The van der Waals surface area contributed by atoms with Crippen molar-refractivity contribution < 1.29 is 27.9 Å². The van der Waals surface area contributed by atoms with Crippen LogP contribution in [0.1, 0.15) is 53.8 Å². The van der Waals surface area contributed by atoms with Gasteiger partial charge in [0.1, 0.15) is 0 Å². The standard InChI is InChI=1S/C24H25F3N4O3/c1-2-3-20(16-4-6-17(7-5-16)23(34)28-13-12-22(32)33)30-18-8-10-19(11-9-18)31-14-21(29-15-31)24(25,26)27/h4-11,14-15,20,30H,2-3,12-13H2,1H3,(H,28,34)(H,32,33)/t20-/m0/s1. The quantitative estimate of drug-likeness (QED) is 0.382. The monoisotopic (exact) mass is 474 g/mol. The molecule has 1 amide bonds. The minimum atomic E-state index is -4.49. The van der Waals surface area contributed by atoms with Gasteiger partial charge < -0.3 is 20.3 Å². The zero-order valence-electron chi connectivity index (χ0n) is 18.5. The van der Waals surface area contributed by atoms with Crippen LogP contribution in [-0.4, -0.2) is 33.1 Å². The van der Waals surface area contributed by atoms with Crippen LogP contribution in [0.2, 0.25) is 0 Å². The molecule has 180 valence electrons. The molecule has 1 aromatic heterocycles. The Hall–Kier alpha value is -3.82. The van der Waals surface area contributed by atoms with Crippen LogP contribution in [0.4, 0.5) is 18.9 Å². The highest BCUT2D eigenvalue weighted by Gasteiger charge is 2.33. The molecule has 0 spiro atoms. The minimum absolute atomic E-state index is 0.0370. The number of nitrogens with zero attached hydrogens (tertiary/aromatic N) is 2. The number of nitrogens with one attached hydrogen (secondary N) is 2. The number of anilines is 1. The molecule has 10 heteroatoms. The van der Waals surface area contributed by atoms with Gasteiger partial charge in [0.25, 0.3) is 5.91 Å². The molecule has 1 atom stereocenters. The molecule has 0 aliphatic carbocycles. The Morgan fingerprint density at radius 3 is 2.32 bits per heavy atom. The Kier molecular flexibility index (Phi) is 7.93. The van der Waals surface area contributed by atoms with Crippen LogP contribution in [-0.2, 0) is 11.0 Å². The number of carbonyl (C=O) groups excluding carboxylic acids is 1. The summed E-state index contributed by atoms with van der Waals surface area (Å²) in [6.07, 6.45) is -0.832. The van der Waals surface area contributed by atoms with Gasteiger partial charge in [0, 0.05) is 29.7 Å². The maximum Gasteiger partial charge on any atom is 0.434 e. The number of rotatable bonds is 10. The summed E-state index contributed by atoms with van der Waals surface area (Å²) >= 11 is 0. The fourth-order valence-electron chi connectivity index (χ4n) is 3.40. The molecule has 3 rings (SSSR count). The summed E-state index contributed by atoms with van der Waals surface area (Å²) in [6, 6.07) is 14.0. The molecule has 0 saturated carbocycles. The predicted molar refractivity (Wildman–Crippen MR) is 121 cm³/mol. The fraction of sp³-hybridized carbons (Fsp3) is 0.292. The molecular formula is C24H25F3N4O3. The Morgan fingerprint density at radius 1 is 1.09 bits per heavy atom. The molecule has 1 heterocycles. The molecule has 0 fully saturated rings. The number of hydrogen-bond acceptors (Lipinski definition) is 4. The summed E-state index contributed by atoms with van der Waals surface area (Å²) in [5.41, 5.74) is 1.81. The maximum atomic E-state index is 12.8. The third kappa shape index (κ3) is 6.60.